The summed E-state index contributed by atoms with van der Waals surface area (Å²) in [5.41, 5.74) is 1.77. The predicted molar refractivity (Wildman–Crippen MR) is 111 cm³/mol. The van der Waals surface area contributed by atoms with Crippen molar-refractivity contribution in [1.82, 2.24) is 0 Å². The minimum Gasteiger partial charge on any atom is -0.483 e. The first-order valence-electron chi connectivity index (χ1n) is 9.07. The summed E-state index contributed by atoms with van der Waals surface area (Å²) in [7, 11) is 0. The molecule has 1 aliphatic rings. The molecule has 0 fully saturated rings. The largest absolute Gasteiger partial charge is 0.483 e. The summed E-state index contributed by atoms with van der Waals surface area (Å²) >= 11 is 6.54. The molecule has 0 radical (unpaired) electrons. The van der Waals surface area contributed by atoms with E-state index in [1.54, 1.807) is 18.2 Å². The summed E-state index contributed by atoms with van der Waals surface area (Å²) in [5, 5.41) is 12.1. The van der Waals surface area contributed by atoms with Gasteiger partial charge in [0.1, 0.15) is 23.2 Å². The van der Waals surface area contributed by atoms with Crippen molar-refractivity contribution in [3.05, 3.63) is 88.0 Å². The van der Waals surface area contributed by atoms with Crippen LogP contribution < -0.4 is 4.74 Å². The first-order chi connectivity index (χ1) is 14.1. The molecular formula is C23H16ClFN2O2. The second-order valence-electron chi connectivity index (χ2n) is 6.43. The first-order valence-corrected chi connectivity index (χ1v) is 9.44. The van der Waals surface area contributed by atoms with Crippen LogP contribution >= 0.6 is 11.6 Å². The molecule has 1 aliphatic heterocycles. The summed E-state index contributed by atoms with van der Waals surface area (Å²) in [6.45, 7) is 2.27. The Morgan fingerprint density at radius 3 is 2.62 bits per heavy atom. The molecule has 0 amide bonds. The highest BCUT2D eigenvalue weighted by atomic mass is 35.5. The van der Waals surface area contributed by atoms with E-state index >= 15 is 0 Å². The SMILES string of the molecule is CCO/C=N/C1=C(C#N)C(c2ccc(F)cc2)c2cc(Cl)c3ccccc3c2O1. The zero-order valence-electron chi connectivity index (χ0n) is 15.5. The molecule has 0 aromatic heterocycles. The maximum atomic E-state index is 13.5. The van der Waals surface area contributed by atoms with E-state index in [1.165, 1.54) is 18.5 Å². The monoisotopic (exact) mass is 406 g/mol. The van der Waals surface area contributed by atoms with Crippen molar-refractivity contribution >= 4 is 28.8 Å². The van der Waals surface area contributed by atoms with E-state index in [9.17, 15) is 9.65 Å². The fraction of sp³-hybridized carbons (Fsp3) is 0.130. The summed E-state index contributed by atoms with van der Waals surface area (Å²) in [5.74, 6) is -0.132. The van der Waals surface area contributed by atoms with Crippen LogP contribution in [0.25, 0.3) is 10.8 Å². The van der Waals surface area contributed by atoms with Gasteiger partial charge in [-0.25, -0.2) is 4.39 Å². The molecule has 4 rings (SSSR count). The summed E-state index contributed by atoms with van der Waals surface area (Å²) < 4.78 is 24.8. The number of ether oxygens (including phenoxy) is 2. The van der Waals surface area contributed by atoms with Gasteiger partial charge < -0.3 is 9.47 Å². The topological polar surface area (TPSA) is 54.6 Å². The van der Waals surface area contributed by atoms with Crippen molar-refractivity contribution in [3.8, 4) is 11.8 Å². The minimum absolute atomic E-state index is 0.148. The number of rotatable bonds is 4. The lowest BCUT2D eigenvalue weighted by Gasteiger charge is -2.28. The molecule has 0 aliphatic carbocycles. The number of hydrogen-bond donors (Lipinski definition) is 0. The standard InChI is InChI=1S/C23H16ClFN2O2/c1-2-28-13-27-23-19(12-26)21(14-7-9-15(25)10-8-14)18-11-20(24)16-5-3-4-6-17(16)22(18)29-23/h3-11,13,21H,2H2,1H3/b27-13+. The van der Waals surface area contributed by atoms with E-state index in [1.807, 2.05) is 31.2 Å². The van der Waals surface area contributed by atoms with Crippen molar-refractivity contribution in [2.45, 2.75) is 12.8 Å². The highest BCUT2D eigenvalue weighted by Crippen LogP contribution is 2.48. The zero-order chi connectivity index (χ0) is 20.4. The van der Waals surface area contributed by atoms with Gasteiger partial charge in [0.2, 0.25) is 5.88 Å². The molecule has 29 heavy (non-hydrogen) atoms. The first kappa shape index (κ1) is 19.0. The minimum atomic E-state index is -0.500. The molecular weight excluding hydrogens is 391 g/mol. The van der Waals surface area contributed by atoms with Crippen LogP contribution in [0.5, 0.6) is 5.75 Å². The van der Waals surface area contributed by atoms with Gasteiger partial charge >= 0.3 is 0 Å². The van der Waals surface area contributed by atoms with Crippen LogP contribution in [-0.4, -0.2) is 13.0 Å². The van der Waals surface area contributed by atoms with Crippen LogP contribution in [0.4, 0.5) is 4.39 Å². The lowest BCUT2D eigenvalue weighted by Crippen LogP contribution is -2.16. The number of hydrogen-bond acceptors (Lipinski definition) is 4. The number of nitriles is 1. The van der Waals surface area contributed by atoms with E-state index < -0.39 is 5.92 Å². The van der Waals surface area contributed by atoms with E-state index in [4.69, 9.17) is 21.1 Å². The molecule has 6 heteroatoms. The Kier molecular flexibility index (Phi) is 5.20. The number of halogens is 2. The molecule has 0 saturated heterocycles. The van der Waals surface area contributed by atoms with Crippen molar-refractivity contribution in [1.29, 1.82) is 5.26 Å². The summed E-state index contributed by atoms with van der Waals surface area (Å²) in [6, 6.07) is 17.6. The Balaban J connectivity index is 2.00. The molecule has 144 valence electrons. The number of nitrogens with zero attached hydrogens (tertiary/aromatic N) is 2. The molecule has 1 unspecified atom stereocenters. The van der Waals surface area contributed by atoms with Crippen LogP contribution in [-0.2, 0) is 4.74 Å². The fourth-order valence-electron chi connectivity index (χ4n) is 3.45. The fourth-order valence-corrected chi connectivity index (χ4v) is 3.74. The number of allylic oxidation sites excluding steroid dienone is 1. The summed E-state index contributed by atoms with van der Waals surface area (Å²) in [4.78, 5) is 4.23. The van der Waals surface area contributed by atoms with Gasteiger partial charge in [0.25, 0.3) is 0 Å². The van der Waals surface area contributed by atoms with Gasteiger partial charge in [0, 0.05) is 21.4 Å². The third kappa shape index (κ3) is 3.43. The Labute approximate surface area is 172 Å². The van der Waals surface area contributed by atoms with Gasteiger partial charge in [0.05, 0.1) is 12.5 Å². The molecule has 0 spiro atoms. The average Bonchev–Trinajstić information content (AvgIpc) is 2.74. The van der Waals surface area contributed by atoms with Crippen molar-refractivity contribution in [2.75, 3.05) is 6.61 Å². The number of aliphatic imine (C=N–C) groups is 1. The number of fused-ring (bicyclic) bond motifs is 3. The van der Waals surface area contributed by atoms with Gasteiger partial charge in [-0.2, -0.15) is 10.3 Å². The van der Waals surface area contributed by atoms with Gasteiger partial charge in [-0.3, -0.25) is 0 Å². The van der Waals surface area contributed by atoms with Crippen molar-refractivity contribution in [2.24, 2.45) is 4.99 Å². The average molecular weight is 407 g/mol. The van der Waals surface area contributed by atoms with Gasteiger partial charge in [-0.05, 0) is 30.7 Å². The highest BCUT2D eigenvalue weighted by molar-refractivity contribution is 6.36. The quantitative estimate of drug-likeness (QED) is 0.397. The smallest absolute Gasteiger partial charge is 0.236 e. The second kappa shape index (κ2) is 7.94. The van der Waals surface area contributed by atoms with E-state index in [0.29, 0.717) is 23.0 Å². The Morgan fingerprint density at radius 1 is 1.21 bits per heavy atom. The van der Waals surface area contributed by atoms with E-state index in [2.05, 4.69) is 11.1 Å². The van der Waals surface area contributed by atoms with E-state index in [-0.39, 0.29) is 11.7 Å². The predicted octanol–water partition coefficient (Wildman–Crippen LogP) is 5.96. The van der Waals surface area contributed by atoms with Crippen LogP contribution in [0.1, 0.15) is 24.0 Å². The molecule has 1 heterocycles. The molecule has 0 bridgehead atoms. The van der Waals surface area contributed by atoms with Gasteiger partial charge in [-0.15, -0.1) is 0 Å². The van der Waals surface area contributed by atoms with Crippen LogP contribution in [0.3, 0.4) is 0 Å². The number of benzene rings is 3. The molecule has 4 nitrogen and oxygen atoms in total. The van der Waals surface area contributed by atoms with Crippen LogP contribution in [0, 0.1) is 17.1 Å². The zero-order valence-corrected chi connectivity index (χ0v) is 16.3. The third-order valence-electron chi connectivity index (χ3n) is 4.74. The molecule has 1 atom stereocenters. The Bertz CT molecular complexity index is 1180. The third-order valence-corrected chi connectivity index (χ3v) is 5.05. The molecule has 3 aromatic carbocycles. The molecule has 0 N–H and O–H groups in total. The van der Waals surface area contributed by atoms with Gasteiger partial charge in [0.15, 0.2) is 6.40 Å². The highest BCUT2D eigenvalue weighted by Gasteiger charge is 2.33. The lowest BCUT2D eigenvalue weighted by atomic mass is 9.82. The van der Waals surface area contributed by atoms with E-state index in [0.717, 1.165) is 21.9 Å². The normalized spacial score (nSPS) is 15.9. The maximum Gasteiger partial charge on any atom is 0.236 e. The van der Waals surface area contributed by atoms with Gasteiger partial charge in [-0.1, -0.05) is 48.0 Å². The van der Waals surface area contributed by atoms with Crippen molar-refractivity contribution < 1.29 is 13.9 Å². The van der Waals surface area contributed by atoms with Crippen LogP contribution in [0.15, 0.2) is 71.0 Å². The van der Waals surface area contributed by atoms with Crippen molar-refractivity contribution in [3.63, 3.8) is 0 Å². The second-order valence-corrected chi connectivity index (χ2v) is 6.84. The summed E-state index contributed by atoms with van der Waals surface area (Å²) in [6.07, 6.45) is 1.26. The molecule has 0 saturated carbocycles. The Morgan fingerprint density at radius 2 is 1.93 bits per heavy atom. The molecule has 3 aromatic rings. The Hall–Kier alpha value is -3.36. The lowest BCUT2D eigenvalue weighted by molar-refractivity contribution is 0.336. The van der Waals surface area contributed by atoms with Crippen LogP contribution in [0.2, 0.25) is 5.02 Å². The maximum absolute atomic E-state index is 13.5.